The van der Waals surface area contributed by atoms with Gasteiger partial charge in [0.1, 0.15) is 0 Å². The van der Waals surface area contributed by atoms with Crippen molar-refractivity contribution in [2.24, 2.45) is 5.92 Å². The van der Waals surface area contributed by atoms with Crippen molar-refractivity contribution in [2.45, 2.75) is 39.0 Å². The van der Waals surface area contributed by atoms with Gasteiger partial charge in [-0.3, -0.25) is 0 Å². The van der Waals surface area contributed by atoms with Crippen LogP contribution in [-0.2, 0) is 9.53 Å². The molecule has 0 rings (SSSR count). The number of ether oxygens (including phenoxy) is 1. The van der Waals surface area contributed by atoms with E-state index in [0.29, 0.717) is 12.5 Å². The van der Waals surface area contributed by atoms with E-state index in [1.54, 1.807) is 0 Å². The fraction of sp³-hybridized carbons (Fsp3) is 0.750. The molecule has 0 aromatic carbocycles. The van der Waals surface area contributed by atoms with Crippen LogP contribution < -0.4 is 0 Å². The smallest absolute Gasteiger partial charge is 0.330 e. The number of carbonyl (C=O) groups is 1. The third-order valence-corrected chi connectivity index (χ3v) is 2.28. The predicted molar refractivity (Wildman–Crippen MR) is 60.5 cm³/mol. The molecule has 0 aliphatic rings. The molecule has 0 radical (unpaired) electrons. The number of rotatable bonds is 9. The minimum Gasteiger partial charge on any atom is -0.462 e. The van der Waals surface area contributed by atoms with Gasteiger partial charge in [-0.2, -0.15) is 0 Å². The lowest BCUT2D eigenvalue weighted by molar-refractivity contribution is -0.139. The van der Waals surface area contributed by atoms with Gasteiger partial charge in [-0.15, -0.1) is 0 Å². The number of aliphatic hydroxyl groups excluding tert-OH is 1. The molecule has 0 bridgehead atoms. The number of aliphatic hydroxyl groups is 1. The summed E-state index contributed by atoms with van der Waals surface area (Å²) in [7, 11) is 0. The Bertz CT molecular complexity index is 178. The number of hydrogen-bond acceptors (Lipinski definition) is 3. The van der Waals surface area contributed by atoms with Crippen LogP contribution in [0.1, 0.15) is 39.0 Å². The lowest BCUT2D eigenvalue weighted by Gasteiger charge is -2.10. The number of unbranched alkanes of at least 4 members (excludes halogenated alkanes) is 3. The molecule has 0 aromatic rings. The molecule has 1 N–H and O–H groups in total. The predicted octanol–water partition coefficient (Wildman–Crippen LogP) is 2.29. The van der Waals surface area contributed by atoms with Gasteiger partial charge in [-0.25, -0.2) is 4.79 Å². The number of hydrogen-bond donors (Lipinski definition) is 1. The van der Waals surface area contributed by atoms with Crippen molar-refractivity contribution in [3.05, 3.63) is 12.7 Å². The van der Waals surface area contributed by atoms with Crippen LogP contribution in [0, 0.1) is 5.92 Å². The Kier molecular flexibility index (Phi) is 9.18. The van der Waals surface area contributed by atoms with E-state index in [0.717, 1.165) is 32.1 Å². The first-order chi connectivity index (χ1) is 7.20. The van der Waals surface area contributed by atoms with Crippen LogP contribution >= 0.6 is 0 Å². The Morgan fingerprint density at radius 2 is 2.07 bits per heavy atom. The molecule has 3 nitrogen and oxygen atoms in total. The van der Waals surface area contributed by atoms with E-state index in [9.17, 15) is 4.79 Å². The van der Waals surface area contributed by atoms with Gasteiger partial charge in [0.25, 0.3) is 0 Å². The minimum atomic E-state index is -0.345. The second kappa shape index (κ2) is 9.71. The van der Waals surface area contributed by atoms with Crippen molar-refractivity contribution in [1.82, 2.24) is 0 Å². The summed E-state index contributed by atoms with van der Waals surface area (Å²) in [4.78, 5) is 10.8. The highest BCUT2D eigenvalue weighted by Gasteiger charge is 2.04. The molecular formula is C12H22O3. The van der Waals surface area contributed by atoms with E-state index in [1.165, 1.54) is 6.08 Å². The molecule has 0 saturated heterocycles. The second-order valence-electron chi connectivity index (χ2n) is 3.87. The molecule has 3 heteroatoms. The summed E-state index contributed by atoms with van der Waals surface area (Å²) in [5.41, 5.74) is 0. The third-order valence-electron chi connectivity index (χ3n) is 2.28. The molecule has 88 valence electrons. The van der Waals surface area contributed by atoms with Crippen molar-refractivity contribution in [3.63, 3.8) is 0 Å². The Hall–Kier alpha value is -0.830. The van der Waals surface area contributed by atoms with Crippen LogP contribution in [0.25, 0.3) is 0 Å². The number of carbonyl (C=O) groups excluding carboxylic acids is 1. The largest absolute Gasteiger partial charge is 0.462 e. The highest BCUT2D eigenvalue weighted by molar-refractivity contribution is 5.81. The van der Waals surface area contributed by atoms with Crippen molar-refractivity contribution < 1.29 is 14.6 Å². The van der Waals surface area contributed by atoms with Gasteiger partial charge in [0.05, 0.1) is 6.61 Å². The summed E-state index contributed by atoms with van der Waals surface area (Å²) in [5, 5.41) is 8.58. The fourth-order valence-electron chi connectivity index (χ4n) is 1.32. The van der Waals surface area contributed by atoms with Gasteiger partial charge in [0, 0.05) is 12.7 Å². The Morgan fingerprint density at radius 3 is 2.67 bits per heavy atom. The molecule has 0 spiro atoms. The quantitative estimate of drug-likeness (QED) is 0.364. The third kappa shape index (κ3) is 9.47. The molecule has 0 heterocycles. The molecule has 0 aliphatic heterocycles. The molecule has 0 fully saturated rings. The zero-order valence-electron chi connectivity index (χ0n) is 9.58. The minimum absolute atomic E-state index is 0.284. The maximum atomic E-state index is 10.8. The van der Waals surface area contributed by atoms with Crippen molar-refractivity contribution in [2.75, 3.05) is 13.2 Å². The second-order valence-corrected chi connectivity index (χ2v) is 3.87. The lowest BCUT2D eigenvalue weighted by Crippen LogP contribution is -2.09. The van der Waals surface area contributed by atoms with Crippen LogP contribution in [-0.4, -0.2) is 24.3 Å². The standard InChI is InChI=1S/C12H22O3/c1-3-12(14)15-10-11(2)8-6-4-5-7-9-13/h3,11,13H,1,4-10H2,2H3. The van der Waals surface area contributed by atoms with Crippen molar-refractivity contribution >= 4 is 5.97 Å². The zero-order chi connectivity index (χ0) is 11.5. The topological polar surface area (TPSA) is 46.5 Å². The first kappa shape index (κ1) is 14.2. The average Bonchev–Trinajstić information content (AvgIpc) is 2.25. The highest BCUT2D eigenvalue weighted by Crippen LogP contribution is 2.10. The lowest BCUT2D eigenvalue weighted by atomic mass is 10.0. The van der Waals surface area contributed by atoms with E-state index in [-0.39, 0.29) is 12.6 Å². The molecule has 15 heavy (non-hydrogen) atoms. The normalized spacial score (nSPS) is 12.1. The van der Waals surface area contributed by atoms with Gasteiger partial charge in [0.15, 0.2) is 0 Å². The first-order valence-corrected chi connectivity index (χ1v) is 5.60. The van der Waals surface area contributed by atoms with E-state index < -0.39 is 0 Å². The van der Waals surface area contributed by atoms with Crippen LogP contribution in [0.5, 0.6) is 0 Å². The fourth-order valence-corrected chi connectivity index (χ4v) is 1.32. The molecule has 1 atom stereocenters. The first-order valence-electron chi connectivity index (χ1n) is 5.60. The zero-order valence-corrected chi connectivity index (χ0v) is 9.58. The summed E-state index contributed by atoms with van der Waals surface area (Å²) < 4.78 is 4.93. The van der Waals surface area contributed by atoms with Gasteiger partial charge in [0.2, 0.25) is 0 Å². The van der Waals surface area contributed by atoms with Crippen LogP contribution in [0.15, 0.2) is 12.7 Å². The number of esters is 1. The van der Waals surface area contributed by atoms with Crippen LogP contribution in [0.4, 0.5) is 0 Å². The Labute approximate surface area is 92.1 Å². The summed E-state index contributed by atoms with van der Waals surface area (Å²) in [5.74, 6) is 0.0603. The molecule has 0 saturated carbocycles. The maximum Gasteiger partial charge on any atom is 0.330 e. The SMILES string of the molecule is C=CC(=O)OCC(C)CCCCCCO. The molecule has 1 unspecified atom stereocenters. The summed E-state index contributed by atoms with van der Waals surface area (Å²) >= 11 is 0. The van der Waals surface area contributed by atoms with E-state index in [2.05, 4.69) is 13.5 Å². The maximum absolute atomic E-state index is 10.8. The van der Waals surface area contributed by atoms with Gasteiger partial charge in [-0.1, -0.05) is 32.8 Å². The summed E-state index contributed by atoms with van der Waals surface area (Å²) in [6, 6.07) is 0. The van der Waals surface area contributed by atoms with E-state index in [1.807, 2.05) is 0 Å². The van der Waals surface area contributed by atoms with Gasteiger partial charge < -0.3 is 9.84 Å². The van der Waals surface area contributed by atoms with Gasteiger partial charge >= 0.3 is 5.97 Å². The van der Waals surface area contributed by atoms with Crippen LogP contribution in [0.3, 0.4) is 0 Å². The Balaban J connectivity index is 3.29. The highest BCUT2D eigenvalue weighted by atomic mass is 16.5. The molecule has 0 amide bonds. The van der Waals surface area contributed by atoms with E-state index >= 15 is 0 Å². The monoisotopic (exact) mass is 214 g/mol. The molecule has 0 aliphatic carbocycles. The Morgan fingerprint density at radius 1 is 1.40 bits per heavy atom. The van der Waals surface area contributed by atoms with Gasteiger partial charge in [-0.05, 0) is 18.8 Å². The summed E-state index contributed by atoms with van der Waals surface area (Å²) in [6.45, 7) is 6.17. The average molecular weight is 214 g/mol. The van der Waals surface area contributed by atoms with Crippen molar-refractivity contribution in [1.29, 1.82) is 0 Å². The molecule has 0 aromatic heterocycles. The van der Waals surface area contributed by atoms with Crippen LogP contribution in [0.2, 0.25) is 0 Å². The molecular weight excluding hydrogens is 192 g/mol. The van der Waals surface area contributed by atoms with E-state index in [4.69, 9.17) is 9.84 Å². The van der Waals surface area contributed by atoms with Crippen molar-refractivity contribution in [3.8, 4) is 0 Å². The summed E-state index contributed by atoms with van der Waals surface area (Å²) in [6.07, 6.45) is 6.49.